The molecular weight excluding hydrogens is 406 g/mol. The maximum Gasteiger partial charge on any atom is 0.303 e. The summed E-state index contributed by atoms with van der Waals surface area (Å²) in [5.74, 6) is 0.163. The summed E-state index contributed by atoms with van der Waals surface area (Å²) >= 11 is 0. The molecule has 32 heavy (non-hydrogen) atoms. The molecule has 1 amide bonds. The molecule has 0 spiro atoms. The van der Waals surface area contributed by atoms with Crippen LogP contribution in [0.15, 0.2) is 30.3 Å². The molecule has 2 atom stereocenters. The first-order chi connectivity index (χ1) is 15.6. The molecule has 3 fully saturated rings. The first-order valence-electron chi connectivity index (χ1n) is 12.2. The molecule has 7 heteroatoms. The highest BCUT2D eigenvalue weighted by atomic mass is 16.5. The van der Waals surface area contributed by atoms with Gasteiger partial charge in [0.2, 0.25) is 5.91 Å². The molecule has 0 bridgehead atoms. The molecule has 2 saturated heterocycles. The van der Waals surface area contributed by atoms with Gasteiger partial charge in [0.05, 0.1) is 13.2 Å². The number of aliphatic carboxylic acids is 1. The molecular formula is C25H37N3O4. The van der Waals surface area contributed by atoms with Gasteiger partial charge in [0.15, 0.2) is 0 Å². The number of benzene rings is 1. The maximum absolute atomic E-state index is 12.7. The van der Waals surface area contributed by atoms with E-state index in [0.29, 0.717) is 13.1 Å². The van der Waals surface area contributed by atoms with Crippen LogP contribution in [0.3, 0.4) is 0 Å². The van der Waals surface area contributed by atoms with Crippen molar-refractivity contribution in [2.24, 2.45) is 17.8 Å². The van der Waals surface area contributed by atoms with Gasteiger partial charge in [-0.05, 0) is 49.7 Å². The highest BCUT2D eigenvalue weighted by Gasteiger charge is 2.38. The number of rotatable bonds is 10. The van der Waals surface area contributed by atoms with Crippen LogP contribution in [0.5, 0.6) is 0 Å². The summed E-state index contributed by atoms with van der Waals surface area (Å²) < 4.78 is 5.48. The third-order valence-electron chi connectivity index (χ3n) is 7.25. The van der Waals surface area contributed by atoms with Crippen LogP contribution < -0.4 is 4.90 Å². The number of morpholine rings is 1. The molecule has 1 N–H and O–H groups in total. The van der Waals surface area contributed by atoms with Crippen LogP contribution in [-0.2, 0) is 14.3 Å². The molecule has 2 aliphatic heterocycles. The number of hydrogen-bond donors (Lipinski definition) is 1. The molecule has 2 heterocycles. The summed E-state index contributed by atoms with van der Waals surface area (Å²) in [4.78, 5) is 31.0. The fraction of sp³-hybridized carbons (Fsp3) is 0.680. The van der Waals surface area contributed by atoms with Crippen LogP contribution in [0.2, 0.25) is 0 Å². The van der Waals surface area contributed by atoms with Gasteiger partial charge in [-0.15, -0.1) is 0 Å². The van der Waals surface area contributed by atoms with Crippen molar-refractivity contribution < 1.29 is 19.4 Å². The van der Waals surface area contributed by atoms with Gasteiger partial charge in [-0.1, -0.05) is 18.2 Å². The molecule has 2 unspecified atom stereocenters. The number of carbonyl (C=O) groups excluding carboxylic acids is 1. The number of anilines is 1. The first kappa shape index (κ1) is 23.1. The van der Waals surface area contributed by atoms with Gasteiger partial charge < -0.3 is 19.6 Å². The highest BCUT2D eigenvalue weighted by Crippen LogP contribution is 2.35. The van der Waals surface area contributed by atoms with E-state index >= 15 is 0 Å². The van der Waals surface area contributed by atoms with Crippen LogP contribution >= 0.6 is 0 Å². The van der Waals surface area contributed by atoms with Crippen molar-refractivity contribution in [2.75, 3.05) is 63.9 Å². The number of carbonyl (C=O) groups is 2. The van der Waals surface area contributed by atoms with Crippen molar-refractivity contribution in [1.29, 1.82) is 0 Å². The number of carboxylic acids is 1. The van der Waals surface area contributed by atoms with Gasteiger partial charge in [0, 0.05) is 63.8 Å². The Morgan fingerprint density at radius 1 is 1.00 bits per heavy atom. The Morgan fingerprint density at radius 3 is 2.44 bits per heavy atom. The molecule has 1 aromatic rings. The number of amides is 1. The Balaban J connectivity index is 1.39. The van der Waals surface area contributed by atoms with Gasteiger partial charge in [-0.2, -0.15) is 0 Å². The quantitative estimate of drug-likeness (QED) is 0.599. The van der Waals surface area contributed by atoms with E-state index in [-0.39, 0.29) is 30.1 Å². The van der Waals surface area contributed by atoms with Crippen LogP contribution in [0.25, 0.3) is 0 Å². The van der Waals surface area contributed by atoms with E-state index in [1.807, 2.05) is 11.0 Å². The van der Waals surface area contributed by atoms with Crippen molar-refractivity contribution in [3.63, 3.8) is 0 Å². The van der Waals surface area contributed by atoms with Gasteiger partial charge in [-0.25, -0.2) is 0 Å². The normalized spacial score (nSPS) is 24.3. The minimum Gasteiger partial charge on any atom is -0.481 e. The summed E-state index contributed by atoms with van der Waals surface area (Å²) in [7, 11) is 0. The topological polar surface area (TPSA) is 73.3 Å². The number of hydrogen-bond acceptors (Lipinski definition) is 5. The average Bonchev–Trinajstić information content (AvgIpc) is 3.66. The second kappa shape index (κ2) is 11.1. The summed E-state index contributed by atoms with van der Waals surface area (Å²) in [5, 5.41) is 9.43. The largest absolute Gasteiger partial charge is 0.481 e. The standard InChI is InChI=1S/C25H37N3O4/c29-24(30)18-21-8-11-28(25(31)20-6-7-20)19-22(21)9-10-27(23-4-2-1-3-5-23)13-12-26-14-16-32-17-15-26/h1-5,20-22H,6-19H2,(H,29,30). The zero-order valence-electron chi connectivity index (χ0n) is 19.0. The fourth-order valence-electron chi connectivity index (χ4n) is 5.11. The summed E-state index contributed by atoms with van der Waals surface area (Å²) in [5.41, 5.74) is 1.21. The molecule has 7 nitrogen and oxygen atoms in total. The molecule has 1 aromatic carbocycles. The predicted molar refractivity (Wildman–Crippen MR) is 124 cm³/mol. The third-order valence-corrected chi connectivity index (χ3v) is 7.25. The molecule has 4 rings (SSSR count). The lowest BCUT2D eigenvalue weighted by Gasteiger charge is -2.39. The Kier molecular flexibility index (Phi) is 8.03. The van der Waals surface area contributed by atoms with Crippen LogP contribution in [0.4, 0.5) is 5.69 Å². The monoisotopic (exact) mass is 443 g/mol. The molecule has 3 aliphatic rings. The van der Waals surface area contributed by atoms with Gasteiger partial charge in [-0.3, -0.25) is 14.5 Å². The Labute approximate surface area is 191 Å². The minimum atomic E-state index is -0.728. The van der Waals surface area contributed by atoms with E-state index in [2.05, 4.69) is 34.1 Å². The van der Waals surface area contributed by atoms with Crippen molar-refractivity contribution in [1.82, 2.24) is 9.80 Å². The van der Waals surface area contributed by atoms with E-state index in [0.717, 1.165) is 71.6 Å². The summed E-state index contributed by atoms with van der Waals surface area (Å²) in [6.45, 7) is 7.78. The van der Waals surface area contributed by atoms with E-state index < -0.39 is 5.97 Å². The van der Waals surface area contributed by atoms with E-state index in [1.54, 1.807) is 0 Å². The Bertz CT molecular complexity index is 749. The van der Waals surface area contributed by atoms with Gasteiger partial charge in [0.25, 0.3) is 0 Å². The minimum absolute atomic E-state index is 0.146. The lowest BCUT2D eigenvalue weighted by molar-refractivity contribution is -0.140. The van der Waals surface area contributed by atoms with Gasteiger partial charge >= 0.3 is 5.97 Å². The molecule has 0 aromatic heterocycles. The molecule has 1 aliphatic carbocycles. The lowest BCUT2D eigenvalue weighted by Crippen LogP contribution is -2.46. The molecule has 1 saturated carbocycles. The van der Waals surface area contributed by atoms with Crippen molar-refractivity contribution in [2.45, 2.75) is 32.1 Å². The Hall–Kier alpha value is -2.12. The van der Waals surface area contributed by atoms with Gasteiger partial charge in [0.1, 0.15) is 0 Å². The SMILES string of the molecule is O=C(O)CC1CCN(C(=O)C2CC2)CC1CCN(CCN1CCOCC1)c1ccccc1. The predicted octanol–water partition coefficient (Wildman–Crippen LogP) is 2.56. The van der Waals surface area contributed by atoms with Crippen molar-refractivity contribution in [3.8, 4) is 0 Å². The number of likely N-dealkylation sites (tertiary alicyclic amines) is 1. The summed E-state index contributed by atoms with van der Waals surface area (Å²) in [6, 6.07) is 10.5. The smallest absolute Gasteiger partial charge is 0.303 e. The second-order valence-corrected chi connectivity index (χ2v) is 9.53. The number of ether oxygens (including phenoxy) is 1. The molecule has 0 radical (unpaired) electrons. The first-order valence-corrected chi connectivity index (χ1v) is 12.2. The maximum atomic E-state index is 12.7. The zero-order valence-corrected chi connectivity index (χ0v) is 19.0. The van der Waals surface area contributed by atoms with Crippen molar-refractivity contribution in [3.05, 3.63) is 30.3 Å². The van der Waals surface area contributed by atoms with Crippen LogP contribution in [-0.4, -0.2) is 85.8 Å². The van der Waals surface area contributed by atoms with Crippen LogP contribution in [0.1, 0.15) is 32.1 Å². The number of carboxylic acid groups (broad SMARTS) is 1. The van der Waals surface area contributed by atoms with Crippen LogP contribution in [0, 0.1) is 17.8 Å². The second-order valence-electron chi connectivity index (χ2n) is 9.53. The fourth-order valence-corrected chi connectivity index (χ4v) is 5.11. The average molecular weight is 444 g/mol. The van der Waals surface area contributed by atoms with E-state index in [1.165, 1.54) is 5.69 Å². The highest BCUT2D eigenvalue weighted by molar-refractivity contribution is 5.81. The number of para-hydroxylation sites is 1. The Morgan fingerprint density at radius 2 is 1.75 bits per heavy atom. The van der Waals surface area contributed by atoms with E-state index in [4.69, 9.17) is 4.74 Å². The number of piperidine rings is 1. The third kappa shape index (κ3) is 6.45. The lowest BCUT2D eigenvalue weighted by atomic mass is 9.81. The summed E-state index contributed by atoms with van der Waals surface area (Å²) in [6.07, 6.45) is 3.94. The van der Waals surface area contributed by atoms with E-state index in [9.17, 15) is 14.7 Å². The number of nitrogens with zero attached hydrogens (tertiary/aromatic N) is 3. The van der Waals surface area contributed by atoms with Crippen molar-refractivity contribution >= 4 is 17.6 Å². The zero-order chi connectivity index (χ0) is 22.3. The molecule has 176 valence electrons.